The number of aliphatic hydroxyl groups excluding tert-OH is 1. The monoisotopic (exact) mass is 254 g/mol. The molecule has 2 rings (SSSR count). The van der Waals surface area contributed by atoms with Crippen molar-refractivity contribution in [1.82, 2.24) is 10.2 Å². The number of amides is 1. The summed E-state index contributed by atoms with van der Waals surface area (Å²) in [6.45, 7) is 7.48. The first-order valence-electron chi connectivity index (χ1n) is 7.23. The number of hydrogen-bond acceptors (Lipinski definition) is 3. The van der Waals surface area contributed by atoms with Crippen LogP contribution in [0.15, 0.2) is 0 Å². The molecule has 0 radical (unpaired) electrons. The van der Waals surface area contributed by atoms with Crippen LogP contribution in [0.2, 0.25) is 0 Å². The first-order valence-corrected chi connectivity index (χ1v) is 7.23. The molecular formula is C14H26N2O2. The van der Waals surface area contributed by atoms with E-state index in [4.69, 9.17) is 0 Å². The molecule has 1 saturated heterocycles. The molecule has 1 aliphatic carbocycles. The van der Waals surface area contributed by atoms with Crippen LogP contribution >= 0.6 is 0 Å². The van der Waals surface area contributed by atoms with Gasteiger partial charge in [0.05, 0.1) is 12.6 Å². The van der Waals surface area contributed by atoms with E-state index >= 15 is 0 Å². The molecular weight excluding hydrogens is 228 g/mol. The summed E-state index contributed by atoms with van der Waals surface area (Å²) in [5, 5.41) is 12.8. The van der Waals surface area contributed by atoms with Gasteiger partial charge in [0.25, 0.3) is 0 Å². The molecule has 0 spiro atoms. The maximum atomic E-state index is 11.8. The van der Waals surface area contributed by atoms with Gasteiger partial charge in [-0.15, -0.1) is 0 Å². The first-order chi connectivity index (χ1) is 8.56. The van der Waals surface area contributed by atoms with Crippen LogP contribution in [0.4, 0.5) is 0 Å². The van der Waals surface area contributed by atoms with Crippen LogP contribution in [0, 0.1) is 17.8 Å². The minimum atomic E-state index is -0.135. The topological polar surface area (TPSA) is 52.6 Å². The fourth-order valence-corrected chi connectivity index (χ4v) is 3.22. The quantitative estimate of drug-likeness (QED) is 0.765. The Morgan fingerprint density at radius 1 is 1.39 bits per heavy atom. The summed E-state index contributed by atoms with van der Waals surface area (Å²) in [6, 6.07) is 0. The Kier molecular flexibility index (Phi) is 4.62. The van der Waals surface area contributed by atoms with E-state index in [2.05, 4.69) is 24.1 Å². The van der Waals surface area contributed by atoms with Gasteiger partial charge in [-0.05, 0) is 31.1 Å². The molecule has 3 unspecified atom stereocenters. The lowest BCUT2D eigenvalue weighted by Crippen LogP contribution is -2.37. The van der Waals surface area contributed by atoms with Crippen LogP contribution in [-0.2, 0) is 4.79 Å². The molecule has 0 aromatic rings. The number of likely N-dealkylation sites (tertiary alicyclic amines) is 1. The zero-order valence-electron chi connectivity index (χ0n) is 11.6. The number of nitrogens with one attached hydrogen (secondary N) is 1. The van der Waals surface area contributed by atoms with Crippen LogP contribution < -0.4 is 5.32 Å². The maximum Gasteiger partial charge on any atom is 0.234 e. The predicted octanol–water partition coefficient (Wildman–Crippen LogP) is 0.851. The molecule has 18 heavy (non-hydrogen) atoms. The molecule has 3 atom stereocenters. The van der Waals surface area contributed by atoms with Crippen molar-refractivity contribution >= 4 is 5.91 Å². The fraction of sp³-hybridized carbons (Fsp3) is 0.929. The summed E-state index contributed by atoms with van der Waals surface area (Å²) in [5.41, 5.74) is 0. The Bertz CT molecular complexity index is 294. The highest BCUT2D eigenvalue weighted by Crippen LogP contribution is 2.37. The summed E-state index contributed by atoms with van der Waals surface area (Å²) in [7, 11) is 0. The van der Waals surface area contributed by atoms with E-state index < -0.39 is 0 Å². The Labute approximate surface area is 110 Å². The molecule has 1 heterocycles. The first kappa shape index (κ1) is 13.8. The van der Waals surface area contributed by atoms with Gasteiger partial charge >= 0.3 is 0 Å². The number of rotatable bonds is 5. The van der Waals surface area contributed by atoms with Crippen LogP contribution in [-0.4, -0.2) is 48.2 Å². The van der Waals surface area contributed by atoms with Crippen LogP contribution in [0.5, 0.6) is 0 Å². The van der Waals surface area contributed by atoms with Crippen molar-refractivity contribution in [3.8, 4) is 0 Å². The summed E-state index contributed by atoms with van der Waals surface area (Å²) in [5.74, 6) is 1.79. The summed E-state index contributed by atoms with van der Waals surface area (Å²) in [4.78, 5) is 14.0. The van der Waals surface area contributed by atoms with Crippen LogP contribution in [0.3, 0.4) is 0 Å². The van der Waals surface area contributed by atoms with Crippen LogP contribution in [0.1, 0.15) is 33.1 Å². The van der Waals surface area contributed by atoms with Crippen molar-refractivity contribution in [2.45, 2.75) is 39.2 Å². The van der Waals surface area contributed by atoms with Crippen molar-refractivity contribution in [2.24, 2.45) is 17.8 Å². The van der Waals surface area contributed by atoms with Gasteiger partial charge < -0.3 is 10.4 Å². The number of aliphatic hydroxyl groups is 1. The molecule has 2 fully saturated rings. The Morgan fingerprint density at radius 2 is 2.17 bits per heavy atom. The van der Waals surface area contributed by atoms with Crippen molar-refractivity contribution in [3.63, 3.8) is 0 Å². The van der Waals surface area contributed by atoms with Crippen molar-refractivity contribution in [2.75, 3.05) is 26.2 Å². The maximum absolute atomic E-state index is 11.8. The van der Waals surface area contributed by atoms with Crippen molar-refractivity contribution in [3.05, 3.63) is 0 Å². The second-order valence-electron chi connectivity index (χ2n) is 6.30. The standard InChI is InChI=1S/C14H26N2O2/c1-10(2)5-6-15-14(18)9-16-7-11-3-4-13(17)12(11)8-16/h10-13,17H,3-9H2,1-2H3,(H,15,18). The summed E-state index contributed by atoms with van der Waals surface area (Å²) in [6.07, 6.45) is 2.97. The number of carbonyl (C=O) groups excluding carboxylic acids is 1. The van der Waals surface area contributed by atoms with E-state index in [9.17, 15) is 9.90 Å². The number of carbonyl (C=O) groups is 1. The molecule has 1 amide bonds. The number of nitrogens with zero attached hydrogens (tertiary/aromatic N) is 1. The predicted molar refractivity (Wildman–Crippen MR) is 71.1 cm³/mol. The molecule has 4 nitrogen and oxygen atoms in total. The van der Waals surface area contributed by atoms with E-state index in [0.717, 1.165) is 38.9 Å². The molecule has 104 valence electrons. The number of fused-ring (bicyclic) bond motifs is 1. The average Bonchev–Trinajstić information content (AvgIpc) is 2.81. The van der Waals surface area contributed by atoms with E-state index in [0.29, 0.717) is 24.3 Å². The third-order valence-electron chi connectivity index (χ3n) is 4.31. The summed E-state index contributed by atoms with van der Waals surface area (Å²) < 4.78 is 0. The van der Waals surface area contributed by atoms with Gasteiger partial charge in [-0.3, -0.25) is 9.69 Å². The van der Waals surface area contributed by atoms with E-state index in [1.807, 2.05) is 0 Å². The third kappa shape index (κ3) is 3.45. The van der Waals surface area contributed by atoms with E-state index in [1.165, 1.54) is 0 Å². The highest BCUT2D eigenvalue weighted by Gasteiger charge is 2.41. The Balaban J connectivity index is 1.67. The van der Waals surface area contributed by atoms with Crippen molar-refractivity contribution < 1.29 is 9.90 Å². The van der Waals surface area contributed by atoms with E-state index in [1.54, 1.807) is 0 Å². The normalized spacial score (nSPS) is 31.9. The van der Waals surface area contributed by atoms with Gasteiger partial charge in [0.2, 0.25) is 5.91 Å². The number of hydrogen-bond donors (Lipinski definition) is 2. The molecule has 1 saturated carbocycles. The van der Waals surface area contributed by atoms with Gasteiger partial charge in [-0.2, -0.15) is 0 Å². The molecule has 0 bridgehead atoms. The highest BCUT2D eigenvalue weighted by molar-refractivity contribution is 5.78. The van der Waals surface area contributed by atoms with Gasteiger partial charge in [0.15, 0.2) is 0 Å². The molecule has 2 aliphatic rings. The zero-order chi connectivity index (χ0) is 13.1. The lowest BCUT2D eigenvalue weighted by Gasteiger charge is -2.17. The van der Waals surface area contributed by atoms with Gasteiger partial charge in [0.1, 0.15) is 0 Å². The highest BCUT2D eigenvalue weighted by atomic mass is 16.3. The lowest BCUT2D eigenvalue weighted by molar-refractivity contribution is -0.122. The minimum absolute atomic E-state index is 0.130. The molecule has 1 aliphatic heterocycles. The molecule has 4 heteroatoms. The molecule has 0 aromatic carbocycles. The van der Waals surface area contributed by atoms with Gasteiger partial charge in [0, 0.05) is 25.6 Å². The third-order valence-corrected chi connectivity index (χ3v) is 4.31. The second kappa shape index (κ2) is 6.02. The largest absolute Gasteiger partial charge is 0.393 e. The Morgan fingerprint density at radius 3 is 2.83 bits per heavy atom. The van der Waals surface area contributed by atoms with Gasteiger partial charge in [-0.1, -0.05) is 13.8 Å². The van der Waals surface area contributed by atoms with E-state index in [-0.39, 0.29) is 12.0 Å². The molecule has 0 aromatic heterocycles. The lowest BCUT2D eigenvalue weighted by atomic mass is 10.00. The minimum Gasteiger partial charge on any atom is -0.393 e. The van der Waals surface area contributed by atoms with Crippen LogP contribution in [0.25, 0.3) is 0 Å². The Hall–Kier alpha value is -0.610. The smallest absolute Gasteiger partial charge is 0.234 e. The fourth-order valence-electron chi connectivity index (χ4n) is 3.22. The average molecular weight is 254 g/mol. The van der Waals surface area contributed by atoms with Crippen molar-refractivity contribution in [1.29, 1.82) is 0 Å². The SMILES string of the molecule is CC(C)CCNC(=O)CN1CC2CCC(O)C2C1. The molecule has 2 N–H and O–H groups in total. The van der Waals surface area contributed by atoms with Gasteiger partial charge in [-0.25, -0.2) is 0 Å². The summed E-state index contributed by atoms with van der Waals surface area (Å²) >= 11 is 0. The second-order valence-corrected chi connectivity index (χ2v) is 6.30. The zero-order valence-corrected chi connectivity index (χ0v) is 11.6.